The van der Waals surface area contributed by atoms with Gasteiger partial charge >= 0.3 is 5.97 Å². The van der Waals surface area contributed by atoms with Gasteiger partial charge in [0.15, 0.2) is 5.60 Å². The Balaban J connectivity index is 1.49. The summed E-state index contributed by atoms with van der Waals surface area (Å²) in [7, 11) is 0. The largest absolute Gasteiger partial charge is 0.456 e. The van der Waals surface area contributed by atoms with Crippen LogP contribution in [-0.4, -0.2) is 19.1 Å². The van der Waals surface area contributed by atoms with Crippen LogP contribution in [0.25, 0.3) is 0 Å². The molecule has 2 heterocycles. The highest BCUT2D eigenvalue weighted by Crippen LogP contribution is 2.59. The molecule has 0 amide bonds. The molecule has 0 radical (unpaired) electrons. The Morgan fingerprint density at radius 3 is 2.17 bits per heavy atom. The normalized spacial score (nSPS) is 16.5. The van der Waals surface area contributed by atoms with E-state index in [0.717, 1.165) is 44.5 Å². The van der Waals surface area contributed by atoms with E-state index >= 15 is 4.48 Å². The van der Waals surface area contributed by atoms with Gasteiger partial charge in [-0.15, -0.1) is 0 Å². The van der Waals surface area contributed by atoms with Crippen molar-refractivity contribution in [3.05, 3.63) is 113 Å². The molecule has 204 valence electrons. The van der Waals surface area contributed by atoms with Crippen molar-refractivity contribution in [3.63, 3.8) is 0 Å². The van der Waals surface area contributed by atoms with Crippen molar-refractivity contribution in [2.24, 2.45) is 0 Å². The molecular weight excluding hydrogens is 503 g/mol. The first kappa shape index (κ1) is 25.9. The zero-order valence-corrected chi connectivity index (χ0v) is 22.9. The van der Waals surface area contributed by atoms with Gasteiger partial charge in [-0.1, -0.05) is 79.7 Å². The minimum absolute atomic E-state index is 0.266. The maximum absolute atomic E-state index is 16.7. The molecule has 40 heavy (non-hydrogen) atoms. The molecule has 0 aromatic heterocycles. The van der Waals surface area contributed by atoms with Crippen molar-refractivity contribution in [2.45, 2.75) is 45.1 Å². The van der Waals surface area contributed by atoms with E-state index in [-0.39, 0.29) is 5.69 Å². The van der Waals surface area contributed by atoms with Crippen LogP contribution in [0.15, 0.2) is 91.0 Å². The Kier molecular flexibility index (Phi) is 6.93. The fraction of sp³-hybridized carbons (Fsp3) is 0.265. The second-order valence-electron chi connectivity index (χ2n) is 10.4. The monoisotopic (exact) mass is 536 g/mol. The maximum atomic E-state index is 16.7. The summed E-state index contributed by atoms with van der Waals surface area (Å²) < 4.78 is 29.3. The summed E-state index contributed by atoms with van der Waals surface area (Å²) in [6.45, 7) is 6.21. The van der Waals surface area contributed by atoms with Gasteiger partial charge in [-0.25, -0.2) is 4.79 Å². The lowest BCUT2D eigenvalue weighted by molar-refractivity contribution is 0.0225. The van der Waals surface area contributed by atoms with E-state index in [0.29, 0.717) is 44.6 Å². The molecule has 2 aliphatic rings. The predicted molar refractivity (Wildman–Crippen MR) is 156 cm³/mol. The average Bonchev–Trinajstić information content (AvgIpc) is 3.29. The quantitative estimate of drug-likeness (QED) is 0.158. The van der Waals surface area contributed by atoms with Gasteiger partial charge in [-0.3, -0.25) is 0 Å². The number of hydrogen-bond donors (Lipinski definition) is 0. The second kappa shape index (κ2) is 10.7. The highest BCUT2D eigenvalue weighted by molar-refractivity contribution is 5.97. The molecule has 0 saturated heterocycles. The van der Waals surface area contributed by atoms with Crippen molar-refractivity contribution in [1.82, 2.24) is 0 Å². The summed E-state index contributed by atoms with van der Waals surface area (Å²) in [5, 5.41) is 0.688. The summed E-state index contributed by atoms with van der Waals surface area (Å²) in [5.41, 5.74) is 2.59. The first-order chi connectivity index (χ1) is 19.6. The molecule has 6 heteroatoms. The number of unbranched alkanes of at least 4 members (excludes halogenated alkanes) is 2. The van der Waals surface area contributed by atoms with Crippen LogP contribution in [0.5, 0.6) is 11.5 Å². The van der Waals surface area contributed by atoms with Gasteiger partial charge in [0.2, 0.25) is 0 Å². The standard InChI is InChI=1S/C34H33FN2O3/c1-3-5-21-36(22-6-4-2)24-13-11-14-25(23-24)37(35)29-18-12-20-31-32(29)34(28-17-9-10-19-30(28)39-31)27-16-8-7-15-26(27)33(38)40-34/h7-20,23H,3-6,21-22H2,1-2H3. The summed E-state index contributed by atoms with van der Waals surface area (Å²) >= 11 is 0. The fourth-order valence-corrected chi connectivity index (χ4v) is 5.84. The van der Waals surface area contributed by atoms with E-state index in [2.05, 4.69) is 18.7 Å². The number of para-hydroxylation sites is 1. The molecule has 1 spiro atoms. The molecule has 1 atom stereocenters. The fourth-order valence-electron chi connectivity index (χ4n) is 5.84. The van der Waals surface area contributed by atoms with Crippen LogP contribution >= 0.6 is 0 Å². The van der Waals surface area contributed by atoms with Gasteiger partial charge < -0.3 is 14.4 Å². The molecule has 1 unspecified atom stereocenters. The predicted octanol–water partition coefficient (Wildman–Crippen LogP) is 8.68. The van der Waals surface area contributed by atoms with E-state index < -0.39 is 11.6 Å². The Labute approximate surface area is 234 Å². The first-order valence-electron chi connectivity index (χ1n) is 14.1. The average molecular weight is 537 g/mol. The van der Waals surface area contributed by atoms with E-state index in [9.17, 15) is 4.79 Å². The van der Waals surface area contributed by atoms with Crippen LogP contribution in [0.2, 0.25) is 0 Å². The van der Waals surface area contributed by atoms with Gasteiger partial charge in [0.1, 0.15) is 11.5 Å². The third-order valence-electron chi connectivity index (χ3n) is 7.81. The maximum Gasteiger partial charge on any atom is 0.340 e. The highest BCUT2D eigenvalue weighted by atomic mass is 19.2. The van der Waals surface area contributed by atoms with Gasteiger partial charge in [0, 0.05) is 29.9 Å². The van der Waals surface area contributed by atoms with Crippen molar-refractivity contribution >= 4 is 23.0 Å². The number of fused-ring (bicyclic) bond motifs is 6. The third kappa shape index (κ3) is 4.19. The summed E-state index contributed by atoms with van der Waals surface area (Å²) in [5.74, 6) is 0.585. The van der Waals surface area contributed by atoms with Crippen molar-refractivity contribution in [1.29, 1.82) is 0 Å². The van der Waals surface area contributed by atoms with E-state index in [1.807, 2.05) is 60.7 Å². The number of hydrogen-bond acceptors (Lipinski definition) is 5. The molecule has 6 rings (SSSR count). The van der Waals surface area contributed by atoms with E-state index in [1.165, 1.54) is 0 Å². The molecule has 0 fully saturated rings. The van der Waals surface area contributed by atoms with Gasteiger partial charge in [-0.05, 0) is 55.3 Å². The van der Waals surface area contributed by atoms with Gasteiger partial charge in [0.25, 0.3) is 0 Å². The molecule has 5 nitrogen and oxygen atoms in total. The molecule has 0 aliphatic carbocycles. The van der Waals surface area contributed by atoms with Crippen LogP contribution in [-0.2, 0) is 10.3 Å². The van der Waals surface area contributed by atoms with Gasteiger partial charge in [-0.2, -0.15) is 5.12 Å². The highest BCUT2D eigenvalue weighted by Gasteiger charge is 2.55. The minimum Gasteiger partial charge on any atom is -0.456 e. The third-order valence-corrected chi connectivity index (χ3v) is 7.81. The van der Waals surface area contributed by atoms with Crippen molar-refractivity contribution < 1.29 is 18.7 Å². The molecule has 2 aliphatic heterocycles. The topological polar surface area (TPSA) is 42.0 Å². The van der Waals surface area contributed by atoms with Crippen LogP contribution in [0.1, 0.15) is 66.6 Å². The van der Waals surface area contributed by atoms with Crippen LogP contribution in [0.4, 0.5) is 21.5 Å². The number of esters is 1. The number of anilines is 3. The lowest BCUT2D eigenvalue weighted by Gasteiger charge is -2.38. The van der Waals surface area contributed by atoms with E-state index in [4.69, 9.17) is 9.47 Å². The number of carbonyl (C=O) groups excluding carboxylic acids is 1. The number of rotatable bonds is 9. The smallest absolute Gasteiger partial charge is 0.340 e. The Morgan fingerprint density at radius 2 is 1.40 bits per heavy atom. The van der Waals surface area contributed by atoms with E-state index in [1.54, 1.807) is 30.3 Å². The van der Waals surface area contributed by atoms with Crippen molar-refractivity contribution in [2.75, 3.05) is 23.1 Å². The number of halogens is 1. The lowest BCUT2D eigenvalue weighted by Crippen LogP contribution is -2.34. The summed E-state index contributed by atoms with van der Waals surface area (Å²) in [6, 6.07) is 27.7. The van der Waals surface area contributed by atoms with Crippen LogP contribution < -0.4 is 14.8 Å². The second-order valence-corrected chi connectivity index (χ2v) is 10.4. The Hall–Kier alpha value is -4.32. The summed E-state index contributed by atoms with van der Waals surface area (Å²) in [6.07, 6.45) is 4.34. The molecule has 4 aromatic carbocycles. The molecule has 0 N–H and O–H groups in total. The van der Waals surface area contributed by atoms with Crippen LogP contribution in [0, 0.1) is 0 Å². The summed E-state index contributed by atoms with van der Waals surface area (Å²) in [4.78, 5) is 15.6. The number of nitrogens with zero attached hydrogens (tertiary/aromatic N) is 2. The van der Waals surface area contributed by atoms with Gasteiger partial charge in [0.05, 0.1) is 22.5 Å². The minimum atomic E-state index is -1.34. The molecule has 0 bridgehead atoms. The zero-order chi connectivity index (χ0) is 27.7. The zero-order valence-electron chi connectivity index (χ0n) is 22.9. The molecular formula is C34H33FN2O3. The van der Waals surface area contributed by atoms with Crippen molar-refractivity contribution in [3.8, 4) is 11.5 Å². The number of ether oxygens (including phenoxy) is 2. The SMILES string of the molecule is CCCCN(CCCC)c1cccc(N(F)c2cccc3c2C2(OC(=O)c4ccccc42)c2ccccc2O3)c1. The first-order valence-corrected chi connectivity index (χ1v) is 14.1. The lowest BCUT2D eigenvalue weighted by atomic mass is 9.77. The number of carbonyl (C=O) groups is 1. The van der Waals surface area contributed by atoms with Crippen LogP contribution in [0.3, 0.4) is 0 Å². The Morgan fingerprint density at radius 1 is 0.750 bits per heavy atom. The number of benzene rings is 4. The molecule has 0 saturated carbocycles. The molecule has 4 aromatic rings. The Bertz CT molecular complexity index is 1550.